The van der Waals surface area contributed by atoms with Gasteiger partial charge in [0.05, 0.1) is 16.2 Å². The smallest absolute Gasteiger partial charge is 0.302 e. The molecule has 2 aromatic carbocycles. The van der Waals surface area contributed by atoms with E-state index in [1.165, 1.54) is 25.2 Å². The van der Waals surface area contributed by atoms with Gasteiger partial charge in [0, 0.05) is 24.7 Å². The molecule has 0 aliphatic heterocycles. The molecule has 114 valence electrons. The number of hydrogen-bond donors (Lipinski definition) is 0. The highest BCUT2D eigenvalue weighted by atomic mass is 16.6. The number of carbonyl (C=O) groups is 2. The summed E-state index contributed by atoms with van der Waals surface area (Å²) < 4.78 is 0. The first-order valence-corrected chi connectivity index (χ1v) is 6.51. The molecular weight excluding hydrogens is 298 g/mol. The van der Waals surface area contributed by atoms with Gasteiger partial charge in [-0.25, -0.2) is 0 Å². The highest BCUT2D eigenvalue weighted by molar-refractivity contribution is 6.15. The molecule has 0 fully saturated rings. The van der Waals surface area contributed by atoms with Crippen molar-refractivity contribution in [3.8, 4) is 6.07 Å². The molecule has 0 spiro atoms. The van der Waals surface area contributed by atoms with E-state index in [-0.39, 0.29) is 16.9 Å². The van der Waals surface area contributed by atoms with Crippen LogP contribution in [0.4, 0.5) is 11.4 Å². The Morgan fingerprint density at radius 2 is 1.83 bits per heavy atom. The van der Waals surface area contributed by atoms with Crippen LogP contribution in [0.2, 0.25) is 0 Å². The van der Waals surface area contributed by atoms with Crippen molar-refractivity contribution in [2.75, 3.05) is 11.9 Å². The minimum atomic E-state index is -0.874. The first-order valence-electron chi connectivity index (χ1n) is 6.51. The van der Waals surface area contributed by atoms with Gasteiger partial charge in [0.2, 0.25) is 0 Å². The van der Waals surface area contributed by atoms with E-state index in [0.717, 1.165) is 11.0 Å². The normalized spacial score (nSPS) is 9.74. The Bertz CT molecular complexity index is 825. The van der Waals surface area contributed by atoms with E-state index in [0.29, 0.717) is 5.56 Å². The SMILES string of the molecule is CN(C(=O)C#N)c1ccc([N+](=O)[O-])cc1C(=O)c1ccccc1. The van der Waals surface area contributed by atoms with Crippen LogP contribution < -0.4 is 4.90 Å². The minimum absolute atomic E-state index is 0.0171. The first kappa shape index (κ1) is 15.9. The van der Waals surface area contributed by atoms with Crippen LogP contribution in [0.1, 0.15) is 15.9 Å². The summed E-state index contributed by atoms with van der Waals surface area (Å²) in [6.45, 7) is 0. The van der Waals surface area contributed by atoms with Crippen molar-refractivity contribution >= 4 is 23.1 Å². The third-order valence-corrected chi connectivity index (χ3v) is 3.23. The second-order valence-electron chi connectivity index (χ2n) is 4.63. The van der Waals surface area contributed by atoms with Gasteiger partial charge in [-0.3, -0.25) is 19.7 Å². The Morgan fingerprint density at radius 3 is 2.39 bits per heavy atom. The Hall–Kier alpha value is -3.53. The number of nitro benzene ring substituents is 1. The molecule has 1 amide bonds. The van der Waals surface area contributed by atoms with Crippen LogP contribution in [0.3, 0.4) is 0 Å². The van der Waals surface area contributed by atoms with Crippen molar-refractivity contribution in [3.05, 3.63) is 69.8 Å². The number of ketones is 1. The number of amides is 1. The molecule has 0 saturated carbocycles. The van der Waals surface area contributed by atoms with Crippen molar-refractivity contribution in [2.24, 2.45) is 0 Å². The number of benzene rings is 2. The van der Waals surface area contributed by atoms with E-state index in [9.17, 15) is 19.7 Å². The fourth-order valence-corrected chi connectivity index (χ4v) is 2.04. The maximum Gasteiger partial charge on any atom is 0.329 e. The lowest BCUT2D eigenvalue weighted by atomic mass is 10.0. The maximum atomic E-state index is 12.6. The molecule has 0 saturated heterocycles. The van der Waals surface area contributed by atoms with E-state index >= 15 is 0 Å². The minimum Gasteiger partial charge on any atom is -0.302 e. The van der Waals surface area contributed by atoms with Crippen LogP contribution in [-0.4, -0.2) is 23.7 Å². The van der Waals surface area contributed by atoms with Crippen molar-refractivity contribution < 1.29 is 14.5 Å². The Balaban J connectivity index is 2.60. The number of nitrogens with zero attached hydrogens (tertiary/aromatic N) is 3. The first-order chi connectivity index (χ1) is 11.0. The van der Waals surface area contributed by atoms with Crippen LogP contribution in [-0.2, 0) is 4.79 Å². The largest absolute Gasteiger partial charge is 0.329 e. The van der Waals surface area contributed by atoms with Crippen molar-refractivity contribution in [1.82, 2.24) is 0 Å². The number of carbonyl (C=O) groups excluding carboxylic acids is 2. The average molecular weight is 309 g/mol. The molecule has 2 aromatic rings. The standard InChI is InChI=1S/C16H11N3O4/c1-18(15(20)10-17)14-8-7-12(19(22)23)9-13(14)16(21)11-5-3-2-4-6-11/h2-9H,1H3. The van der Waals surface area contributed by atoms with Gasteiger partial charge < -0.3 is 4.90 Å². The zero-order valence-corrected chi connectivity index (χ0v) is 12.1. The summed E-state index contributed by atoms with van der Waals surface area (Å²) in [5.41, 5.74) is 0.172. The molecule has 0 aliphatic carbocycles. The number of hydrogen-bond acceptors (Lipinski definition) is 5. The molecule has 0 N–H and O–H groups in total. The lowest BCUT2D eigenvalue weighted by Crippen LogP contribution is -2.26. The summed E-state index contributed by atoms with van der Waals surface area (Å²) in [5.74, 6) is -1.34. The predicted octanol–water partition coefficient (Wildman–Crippen LogP) is 2.31. The third kappa shape index (κ3) is 3.22. The van der Waals surface area contributed by atoms with Crippen molar-refractivity contribution in [2.45, 2.75) is 0 Å². The Kier molecular flexibility index (Phi) is 4.47. The number of nitro groups is 1. The van der Waals surface area contributed by atoms with Crippen LogP contribution in [0, 0.1) is 21.4 Å². The quantitative estimate of drug-likeness (QED) is 0.373. The number of nitriles is 1. The van der Waals surface area contributed by atoms with Crippen molar-refractivity contribution in [3.63, 3.8) is 0 Å². The van der Waals surface area contributed by atoms with Crippen LogP contribution >= 0.6 is 0 Å². The van der Waals surface area contributed by atoms with Crippen LogP contribution in [0.15, 0.2) is 48.5 Å². The zero-order valence-electron chi connectivity index (χ0n) is 12.1. The summed E-state index contributed by atoms with van der Waals surface area (Å²) in [6.07, 6.45) is 0. The topological polar surface area (TPSA) is 104 Å². The summed E-state index contributed by atoms with van der Waals surface area (Å²) >= 11 is 0. The second-order valence-corrected chi connectivity index (χ2v) is 4.63. The van der Waals surface area contributed by atoms with E-state index in [4.69, 9.17) is 5.26 Å². The fraction of sp³-hybridized carbons (Fsp3) is 0.0625. The van der Waals surface area contributed by atoms with Gasteiger partial charge in [-0.15, -0.1) is 0 Å². The van der Waals surface area contributed by atoms with Gasteiger partial charge in [-0.1, -0.05) is 30.3 Å². The average Bonchev–Trinajstić information content (AvgIpc) is 2.59. The Morgan fingerprint density at radius 1 is 1.17 bits per heavy atom. The number of anilines is 1. The van der Waals surface area contributed by atoms with Crippen LogP contribution in [0.25, 0.3) is 0 Å². The molecule has 0 aliphatic rings. The summed E-state index contributed by atoms with van der Waals surface area (Å²) in [7, 11) is 1.33. The molecule has 0 atom stereocenters. The van der Waals surface area contributed by atoms with Gasteiger partial charge in [0.25, 0.3) is 5.69 Å². The number of rotatable bonds is 4. The van der Waals surface area contributed by atoms with E-state index < -0.39 is 16.6 Å². The van der Waals surface area contributed by atoms with Crippen LogP contribution in [0.5, 0.6) is 0 Å². The fourth-order valence-electron chi connectivity index (χ4n) is 2.04. The van der Waals surface area contributed by atoms with Gasteiger partial charge in [0.15, 0.2) is 11.9 Å². The Labute approximate surface area is 131 Å². The monoisotopic (exact) mass is 309 g/mol. The maximum absolute atomic E-state index is 12.6. The third-order valence-electron chi connectivity index (χ3n) is 3.23. The second kappa shape index (κ2) is 6.49. The summed E-state index contributed by atoms with van der Waals surface area (Å²) in [4.78, 5) is 35.5. The molecule has 7 heteroatoms. The molecule has 2 rings (SSSR count). The van der Waals surface area contributed by atoms with Gasteiger partial charge in [-0.05, 0) is 6.07 Å². The highest BCUT2D eigenvalue weighted by Crippen LogP contribution is 2.27. The molecule has 0 bridgehead atoms. The molecule has 0 unspecified atom stereocenters. The molecule has 0 heterocycles. The molecular formula is C16H11N3O4. The summed E-state index contributed by atoms with van der Waals surface area (Å²) in [6, 6.07) is 13.2. The molecule has 0 radical (unpaired) electrons. The summed E-state index contributed by atoms with van der Waals surface area (Å²) in [5, 5.41) is 19.7. The zero-order chi connectivity index (χ0) is 17.0. The predicted molar refractivity (Wildman–Crippen MR) is 82.0 cm³/mol. The van der Waals surface area contributed by atoms with E-state index in [2.05, 4.69) is 0 Å². The van der Waals surface area contributed by atoms with E-state index in [1.807, 2.05) is 0 Å². The molecule has 0 aromatic heterocycles. The van der Waals surface area contributed by atoms with Gasteiger partial charge in [-0.2, -0.15) is 5.26 Å². The van der Waals surface area contributed by atoms with Gasteiger partial charge in [0.1, 0.15) is 0 Å². The van der Waals surface area contributed by atoms with Gasteiger partial charge >= 0.3 is 5.91 Å². The number of non-ortho nitro benzene ring substituents is 1. The molecule has 7 nitrogen and oxygen atoms in total. The lowest BCUT2D eigenvalue weighted by Gasteiger charge is -2.17. The lowest BCUT2D eigenvalue weighted by molar-refractivity contribution is -0.384. The molecule has 23 heavy (non-hydrogen) atoms. The van der Waals surface area contributed by atoms with Crippen molar-refractivity contribution in [1.29, 1.82) is 5.26 Å². The van der Waals surface area contributed by atoms with E-state index in [1.54, 1.807) is 30.3 Å². The highest BCUT2D eigenvalue weighted by Gasteiger charge is 2.22.